The largest absolute Gasteiger partial charge is 0.438 e. The van der Waals surface area contributed by atoms with E-state index in [4.69, 9.17) is 9.72 Å². The maximum atomic E-state index is 13.4. The molecule has 7 nitrogen and oxygen atoms in total. The van der Waals surface area contributed by atoms with Gasteiger partial charge in [-0.15, -0.1) is 0 Å². The van der Waals surface area contributed by atoms with E-state index in [1.54, 1.807) is 55.0 Å². The zero-order valence-electron chi connectivity index (χ0n) is 18.8. The molecule has 0 spiro atoms. The van der Waals surface area contributed by atoms with Gasteiger partial charge in [-0.05, 0) is 67.1 Å². The van der Waals surface area contributed by atoms with Crippen molar-refractivity contribution in [1.82, 2.24) is 15.0 Å². The molecule has 0 saturated heterocycles. The standard InChI is InChI=1S/C28H19N5O2/c1-18-14-21(35-28-19(16-29)6-5-13-31-28)10-11-24(18)33-27(34)23-15-26(20-7-4-12-30-17-20)32-25-9-3-2-8-22(23)25/h2-15,17H,1H3,(H,33,34). The summed E-state index contributed by atoms with van der Waals surface area (Å²) in [5, 5.41) is 13.0. The molecule has 1 amide bonds. The summed E-state index contributed by atoms with van der Waals surface area (Å²) in [5.74, 6) is 0.503. The van der Waals surface area contributed by atoms with E-state index in [-0.39, 0.29) is 11.8 Å². The summed E-state index contributed by atoms with van der Waals surface area (Å²) in [7, 11) is 0. The number of fused-ring (bicyclic) bond motifs is 1. The van der Waals surface area contributed by atoms with E-state index in [1.165, 1.54) is 0 Å². The van der Waals surface area contributed by atoms with Crippen molar-refractivity contribution in [3.8, 4) is 29.0 Å². The number of carbonyl (C=O) groups is 1. The van der Waals surface area contributed by atoms with E-state index < -0.39 is 0 Å². The first-order chi connectivity index (χ1) is 17.1. The predicted molar refractivity (Wildman–Crippen MR) is 133 cm³/mol. The highest BCUT2D eigenvalue weighted by atomic mass is 16.5. The van der Waals surface area contributed by atoms with Gasteiger partial charge in [0.15, 0.2) is 0 Å². The number of amides is 1. The SMILES string of the molecule is Cc1cc(Oc2ncccc2C#N)ccc1NC(=O)c1cc(-c2cccnc2)nc2ccccc12. The molecule has 5 aromatic rings. The van der Waals surface area contributed by atoms with Crippen LogP contribution in [0.5, 0.6) is 11.6 Å². The number of anilines is 1. The first-order valence-corrected chi connectivity index (χ1v) is 10.9. The van der Waals surface area contributed by atoms with Crippen molar-refractivity contribution in [3.05, 3.63) is 108 Å². The molecule has 0 saturated carbocycles. The van der Waals surface area contributed by atoms with Crippen LogP contribution in [0.1, 0.15) is 21.5 Å². The van der Waals surface area contributed by atoms with Crippen LogP contribution in [-0.2, 0) is 0 Å². The number of rotatable bonds is 5. The smallest absolute Gasteiger partial charge is 0.256 e. The molecular weight excluding hydrogens is 438 g/mol. The van der Waals surface area contributed by atoms with Crippen LogP contribution in [0.2, 0.25) is 0 Å². The zero-order valence-corrected chi connectivity index (χ0v) is 18.8. The molecule has 0 aliphatic carbocycles. The second-order valence-electron chi connectivity index (χ2n) is 7.81. The minimum atomic E-state index is -0.248. The topological polar surface area (TPSA) is 101 Å². The van der Waals surface area contributed by atoms with Gasteiger partial charge in [0.2, 0.25) is 5.88 Å². The molecule has 0 radical (unpaired) electrons. The Hall–Kier alpha value is -5.09. The highest BCUT2D eigenvalue weighted by Crippen LogP contribution is 2.29. The monoisotopic (exact) mass is 457 g/mol. The van der Waals surface area contributed by atoms with Crippen molar-refractivity contribution in [1.29, 1.82) is 5.26 Å². The van der Waals surface area contributed by atoms with Crippen LogP contribution < -0.4 is 10.1 Å². The van der Waals surface area contributed by atoms with Gasteiger partial charge in [0, 0.05) is 35.2 Å². The lowest BCUT2D eigenvalue weighted by molar-refractivity contribution is 0.102. The van der Waals surface area contributed by atoms with Gasteiger partial charge in [-0.25, -0.2) is 9.97 Å². The van der Waals surface area contributed by atoms with Gasteiger partial charge in [0.25, 0.3) is 5.91 Å². The summed E-state index contributed by atoms with van der Waals surface area (Å²) in [6.07, 6.45) is 4.99. The van der Waals surface area contributed by atoms with Crippen LogP contribution in [0.25, 0.3) is 22.2 Å². The summed E-state index contributed by atoms with van der Waals surface area (Å²) in [5.41, 5.74) is 4.53. The Morgan fingerprint density at radius 1 is 1.00 bits per heavy atom. The summed E-state index contributed by atoms with van der Waals surface area (Å²) in [6, 6.07) is 23.7. The van der Waals surface area contributed by atoms with Gasteiger partial charge in [0.05, 0.1) is 16.8 Å². The first-order valence-electron chi connectivity index (χ1n) is 10.9. The van der Waals surface area contributed by atoms with Gasteiger partial charge in [-0.1, -0.05) is 18.2 Å². The lowest BCUT2D eigenvalue weighted by Crippen LogP contribution is -2.14. The molecule has 3 heterocycles. The Balaban J connectivity index is 1.45. The average Bonchev–Trinajstić information content (AvgIpc) is 2.90. The van der Waals surface area contributed by atoms with Crippen molar-refractivity contribution in [3.63, 3.8) is 0 Å². The Kier molecular flexibility index (Phi) is 5.85. The molecule has 0 atom stereocenters. The summed E-state index contributed by atoms with van der Waals surface area (Å²) >= 11 is 0. The van der Waals surface area contributed by atoms with Gasteiger partial charge in [-0.2, -0.15) is 5.26 Å². The normalized spacial score (nSPS) is 10.5. The third-order valence-corrected chi connectivity index (χ3v) is 5.47. The maximum absolute atomic E-state index is 13.4. The number of pyridine rings is 3. The van der Waals surface area contributed by atoms with Crippen molar-refractivity contribution in [2.24, 2.45) is 0 Å². The Morgan fingerprint density at radius 2 is 1.86 bits per heavy atom. The average molecular weight is 457 g/mol. The van der Waals surface area contributed by atoms with E-state index in [9.17, 15) is 10.1 Å². The van der Waals surface area contributed by atoms with E-state index in [0.717, 1.165) is 22.0 Å². The van der Waals surface area contributed by atoms with E-state index in [0.29, 0.717) is 28.3 Å². The lowest BCUT2D eigenvalue weighted by Gasteiger charge is -2.13. The molecule has 2 aromatic carbocycles. The molecule has 0 bridgehead atoms. The second-order valence-corrected chi connectivity index (χ2v) is 7.81. The molecule has 0 aliphatic rings. The number of carbonyl (C=O) groups excluding carboxylic acids is 1. The molecule has 1 N–H and O–H groups in total. The van der Waals surface area contributed by atoms with Crippen molar-refractivity contribution in [2.75, 3.05) is 5.32 Å². The Morgan fingerprint density at radius 3 is 2.66 bits per heavy atom. The fourth-order valence-corrected chi connectivity index (χ4v) is 3.72. The molecule has 5 rings (SSSR count). The number of ether oxygens (including phenoxy) is 1. The van der Waals surface area contributed by atoms with Gasteiger partial charge >= 0.3 is 0 Å². The second kappa shape index (κ2) is 9.41. The number of aryl methyl sites for hydroxylation is 1. The number of hydrogen-bond acceptors (Lipinski definition) is 6. The number of hydrogen-bond donors (Lipinski definition) is 1. The molecule has 0 fully saturated rings. The van der Waals surface area contributed by atoms with E-state index in [2.05, 4.69) is 21.4 Å². The third-order valence-electron chi connectivity index (χ3n) is 5.47. The first kappa shape index (κ1) is 21.7. The van der Waals surface area contributed by atoms with Crippen LogP contribution in [-0.4, -0.2) is 20.9 Å². The van der Waals surface area contributed by atoms with Crippen LogP contribution in [0.4, 0.5) is 5.69 Å². The van der Waals surface area contributed by atoms with Crippen LogP contribution in [0, 0.1) is 18.3 Å². The van der Waals surface area contributed by atoms with E-state index >= 15 is 0 Å². The fourth-order valence-electron chi connectivity index (χ4n) is 3.72. The molecule has 35 heavy (non-hydrogen) atoms. The van der Waals surface area contributed by atoms with Crippen LogP contribution in [0.3, 0.4) is 0 Å². The van der Waals surface area contributed by atoms with Crippen molar-refractivity contribution in [2.45, 2.75) is 6.92 Å². The minimum Gasteiger partial charge on any atom is -0.438 e. The quantitative estimate of drug-likeness (QED) is 0.352. The molecular formula is C28H19N5O2. The van der Waals surface area contributed by atoms with Crippen molar-refractivity contribution >= 4 is 22.5 Å². The van der Waals surface area contributed by atoms with Crippen molar-refractivity contribution < 1.29 is 9.53 Å². The number of aromatic nitrogens is 3. The maximum Gasteiger partial charge on any atom is 0.256 e. The summed E-state index contributed by atoms with van der Waals surface area (Å²) in [4.78, 5) is 26.4. The number of benzene rings is 2. The van der Waals surface area contributed by atoms with Gasteiger partial charge in [0.1, 0.15) is 17.4 Å². The van der Waals surface area contributed by atoms with Gasteiger partial charge in [-0.3, -0.25) is 9.78 Å². The number of para-hydroxylation sites is 1. The Bertz CT molecular complexity index is 1590. The summed E-state index contributed by atoms with van der Waals surface area (Å²) < 4.78 is 5.79. The number of nitrogens with zero attached hydrogens (tertiary/aromatic N) is 4. The minimum absolute atomic E-state index is 0.234. The molecule has 168 valence electrons. The van der Waals surface area contributed by atoms with Gasteiger partial charge < -0.3 is 10.1 Å². The highest BCUT2D eigenvalue weighted by Gasteiger charge is 2.16. The number of nitriles is 1. The third kappa shape index (κ3) is 4.54. The molecule has 0 unspecified atom stereocenters. The predicted octanol–water partition coefficient (Wildman–Crippen LogP) is 5.92. The lowest BCUT2D eigenvalue weighted by atomic mass is 10.0. The zero-order chi connectivity index (χ0) is 24.2. The van der Waals surface area contributed by atoms with E-state index in [1.807, 2.05) is 43.3 Å². The van der Waals surface area contributed by atoms with Crippen LogP contribution >= 0.6 is 0 Å². The van der Waals surface area contributed by atoms with Crippen LogP contribution in [0.15, 0.2) is 91.4 Å². The molecule has 7 heteroatoms. The molecule has 3 aromatic heterocycles. The summed E-state index contributed by atoms with van der Waals surface area (Å²) in [6.45, 7) is 1.87. The fraction of sp³-hybridized carbons (Fsp3) is 0.0357. The highest BCUT2D eigenvalue weighted by molar-refractivity contribution is 6.13. The Labute approximate surface area is 201 Å². The number of nitrogens with one attached hydrogen (secondary N) is 1. The molecule has 0 aliphatic heterocycles.